The highest BCUT2D eigenvalue weighted by Gasteiger charge is 2.25. The largest absolute Gasteiger partial charge is 0.494 e. The van der Waals surface area contributed by atoms with E-state index in [0.29, 0.717) is 5.92 Å². The number of aromatic amines is 1. The number of likely N-dealkylation sites (tertiary alicyclic amines) is 1. The topological polar surface area (TPSA) is 28.3 Å². The molecule has 2 aliphatic rings. The van der Waals surface area contributed by atoms with Crippen LogP contribution in [-0.2, 0) is 6.42 Å². The number of fused-ring (bicyclic) bond motifs is 3. The third-order valence-electron chi connectivity index (χ3n) is 6.79. The van der Waals surface area contributed by atoms with Crippen molar-refractivity contribution in [2.24, 2.45) is 0 Å². The zero-order chi connectivity index (χ0) is 20.3. The summed E-state index contributed by atoms with van der Waals surface area (Å²) in [5, 5.41) is 1.37. The lowest BCUT2D eigenvalue weighted by atomic mass is 9.82. The second kappa shape index (κ2) is 9.15. The maximum Gasteiger partial charge on any atom is 0.119 e. The molecule has 3 nitrogen and oxygen atoms in total. The predicted molar refractivity (Wildman–Crippen MR) is 128 cm³/mol. The number of hydrogen-bond acceptors (Lipinski definition) is 2. The molecular formula is C26H31BrN2O. The Morgan fingerprint density at radius 1 is 1.00 bits per heavy atom. The average Bonchev–Trinajstić information content (AvgIpc) is 3.16. The molecule has 2 heterocycles. The van der Waals surface area contributed by atoms with Gasteiger partial charge in [-0.15, -0.1) is 0 Å². The van der Waals surface area contributed by atoms with Crippen molar-refractivity contribution in [1.29, 1.82) is 0 Å². The normalized spacial score (nSPS) is 19.7. The summed E-state index contributed by atoms with van der Waals surface area (Å²) in [6, 6.07) is 15.4. The number of nitrogens with zero attached hydrogens (tertiary/aromatic N) is 1. The quantitative estimate of drug-likeness (QED) is 0.411. The van der Waals surface area contributed by atoms with Gasteiger partial charge in [0.25, 0.3) is 0 Å². The first-order valence-corrected chi connectivity index (χ1v) is 12.3. The number of nitrogens with one attached hydrogen (secondary N) is 1. The molecule has 4 heteroatoms. The fraction of sp³-hybridized carbons (Fsp3) is 0.462. The monoisotopic (exact) mass is 466 g/mol. The minimum absolute atomic E-state index is 0.452. The highest BCUT2D eigenvalue weighted by atomic mass is 79.9. The Kier molecular flexibility index (Phi) is 6.14. The maximum absolute atomic E-state index is 6.03. The highest BCUT2D eigenvalue weighted by Crippen LogP contribution is 2.40. The lowest BCUT2D eigenvalue weighted by Gasteiger charge is -2.26. The van der Waals surface area contributed by atoms with Crippen LogP contribution >= 0.6 is 15.9 Å². The number of benzene rings is 2. The molecule has 3 aromatic rings. The van der Waals surface area contributed by atoms with Crippen LogP contribution < -0.4 is 4.74 Å². The highest BCUT2D eigenvalue weighted by molar-refractivity contribution is 9.10. The zero-order valence-electron chi connectivity index (χ0n) is 17.6. The summed E-state index contributed by atoms with van der Waals surface area (Å²) in [6.45, 7) is 4.51. The lowest BCUT2D eigenvalue weighted by molar-refractivity contribution is 0.205. The van der Waals surface area contributed by atoms with Crippen LogP contribution in [0, 0.1) is 0 Å². The van der Waals surface area contributed by atoms with Gasteiger partial charge in [0.2, 0.25) is 0 Å². The summed E-state index contributed by atoms with van der Waals surface area (Å²) < 4.78 is 7.18. The predicted octanol–water partition coefficient (Wildman–Crippen LogP) is 6.65. The molecule has 0 radical (unpaired) electrons. The second-order valence-corrected chi connectivity index (χ2v) is 9.74. The SMILES string of the molecule is Brc1ccc2[nH]c3c(c2c1)CCCC3c1ccc(OCCCN2CCCCC2)cc1. The third kappa shape index (κ3) is 4.31. The van der Waals surface area contributed by atoms with E-state index < -0.39 is 0 Å². The Morgan fingerprint density at radius 3 is 2.67 bits per heavy atom. The number of piperidine rings is 1. The van der Waals surface area contributed by atoms with E-state index in [1.165, 1.54) is 85.9 Å². The number of ether oxygens (including phenoxy) is 1. The van der Waals surface area contributed by atoms with E-state index >= 15 is 0 Å². The third-order valence-corrected chi connectivity index (χ3v) is 7.28. The van der Waals surface area contributed by atoms with Crippen LogP contribution in [0.2, 0.25) is 0 Å². The van der Waals surface area contributed by atoms with Gasteiger partial charge in [0.1, 0.15) is 5.75 Å². The van der Waals surface area contributed by atoms with Crippen LogP contribution in [0.3, 0.4) is 0 Å². The minimum Gasteiger partial charge on any atom is -0.494 e. The molecule has 0 spiro atoms. The van der Waals surface area contributed by atoms with Crippen molar-refractivity contribution >= 4 is 26.8 Å². The summed E-state index contributed by atoms with van der Waals surface area (Å²) in [7, 11) is 0. The molecule has 1 aliphatic heterocycles. The second-order valence-electron chi connectivity index (χ2n) is 8.83. The van der Waals surface area contributed by atoms with Gasteiger partial charge < -0.3 is 14.6 Å². The Bertz CT molecular complexity index is 988. The van der Waals surface area contributed by atoms with Crippen LogP contribution in [0.5, 0.6) is 5.75 Å². The van der Waals surface area contributed by atoms with Crippen molar-refractivity contribution in [2.75, 3.05) is 26.2 Å². The van der Waals surface area contributed by atoms with Gasteiger partial charge in [-0.2, -0.15) is 0 Å². The van der Waals surface area contributed by atoms with Gasteiger partial charge in [0.05, 0.1) is 6.61 Å². The molecular weight excluding hydrogens is 436 g/mol. The van der Waals surface area contributed by atoms with Gasteiger partial charge in [-0.05, 0) is 93.1 Å². The van der Waals surface area contributed by atoms with Gasteiger partial charge in [0.15, 0.2) is 0 Å². The Labute approximate surface area is 187 Å². The van der Waals surface area contributed by atoms with Crippen molar-refractivity contribution < 1.29 is 4.74 Å². The van der Waals surface area contributed by atoms with Crippen molar-refractivity contribution in [3.63, 3.8) is 0 Å². The van der Waals surface area contributed by atoms with E-state index in [1.54, 1.807) is 0 Å². The number of rotatable bonds is 6. The molecule has 2 aromatic carbocycles. The molecule has 0 bridgehead atoms. The molecule has 0 saturated carbocycles. The number of aryl methyl sites for hydroxylation is 1. The Hall–Kier alpha value is -1.78. The van der Waals surface area contributed by atoms with Crippen molar-refractivity contribution in [3.05, 3.63) is 63.8 Å². The maximum atomic E-state index is 6.03. The Morgan fingerprint density at radius 2 is 1.83 bits per heavy atom. The van der Waals surface area contributed by atoms with Crippen molar-refractivity contribution in [1.82, 2.24) is 9.88 Å². The van der Waals surface area contributed by atoms with Gasteiger partial charge in [-0.3, -0.25) is 0 Å². The summed E-state index contributed by atoms with van der Waals surface area (Å²) in [4.78, 5) is 6.30. The minimum atomic E-state index is 0.452. The molecule has 5 rings (SSSR count). The van der Waals surface area contributed by atoms with Gasteiger partial charge >= 0.3 is 0 Å². The fourth-order valence-corrected chi connectivity index (χ4v) is 5.59. The molecule has 1 unspecified atom stereocenters. The van der Waals surface area contributed by atoms with Crippen LogP contribution in [-0.4, -0.2) is 36.1 Å². The van der Waals surface area contributed by atoms with Gasteiger partial charge in [0, 0.05) is 33.5 Å². The first kappa shape index (κ1) is 20.1. The fourth-order valence-electron chi connectivity index (χ4n) is 5.23. The van der Waals surface area contributed by atoms with E-state index in [0.717, 1.165) is 23.2 Å². The van der Waals surface area contributed by atoms with Gasteiger partial charge in [-0.1, -0.05) is 34.5 Å². The molecule has 1 N–H and O–H groups in total. The molecule has 1 atom stereocenters. The van der Waals surface area contributed by atoms with Crippen LogP contribution in [0.15, 0.2) is 46.9 Å². The molecule has 1 aromatic heterocycles. The molecule has 1 saturated heterocycles. The summed E-state index contributed by atoms with van der Waals surface area (Å²) in [6.07, 6.45) is 8.84. The van der Waals surface area contributed by atoms with E-state index in [9.17, 15) is 0 Å². The first-order valence-electron chi connectivity index (χ1n) is 11.5. The molecule has 30 heavy (non-hydrogen) atoms. The first-order chi connectivity index (χ1) is 14.8. The van der Waals surface area contributed by atoms with Crippen LogP contribution in [0.1, 0.15) is 61.3 Å². The number of aromatic nitrogens is 1. The molecule has 158 valence electrons. The molecule has 0 amide bonds. The van der Waals surface area contributed by atoms with E-state index in [4.69, 9.17) is 4.74 Å². The summed E-state index contributed by atoms with van der Waals surface area (Å²) in [5.41, 5.74) is 5.55. The van der Waals surface area contributed by atoms with Crippen LogP contribution in [0.4, 0.5) is 0 Å². The van der Waals surface area contributed by atoms with Crippen molar-refractivity contribution in [2.45, 2.75) is 50.9 Å². The van der Waals surface area contributed by atoms with Crippen molar-refractivity contribution in [3.8, 4) is 5.75 Å². The standard InChI is InChI=1S/C26H31BrN2O/c27-20-10-13-25-24(18-20)23-7-4-6-22(26(23)28-25)19-8-11-21(12-9-19)30-17-5-16-29-14-2-1-3-15-29/h8-13,18,22,28H,1-7,14-17H2. The number of halogens is 1. The average molecular weight is 467 g/mol. The van der Waals surface area contributed by atoms with E-state index in [2.05, 4.69) is 68.3 Å². The number of H-pyrrole nitrogens is 1. The zero-order valence-corrected chi connectivity index (χ0v) is 19.2. The lowest BCUT2D eigenvalue weighted by Crippen LogP contribution is -2.31. The van der Waals surface area contributed by atoms with E-state index in [1.807, 2.05) is 0 Å². The van der Waals surface area contributed by atoms with Crippen LogP contribution in [0.25, 0.3) is 10.9 Å². The van der Waals surface area contributed by atoms with Gasteiger partial charge in [-0.25, -0.2) is 0 Å². The summed E-state index contributed by atoms with van der Waals surface area (Å²) in [5.74, 6) is 1.45. The number of hydrogen-bond donors (Lipinski definition) is 1. The molecule has 1 aliphatic carbocycles. The summed E-state index contributed by atoms with van der Waals surface area (Å²) >= 11 is 3.63. The Balaban J connectivity index is 1.23. The van der Waals surface area contributed by atoms with E-state index in [-0.39, 0.29) is 0 Å². The smallest absolute Gasteiger partial charge is 0.119 e. The molecule has 1 fully saturated rings.